The molecule has 0 radical (unpaired) electrons. The van der Waals surface area contributed by atoms with Crippen molar-refractivity contribution in [2.24, 2.45) is 0 Å². The van der Waals surface area contributed by atoms with Crippen LogP contribution in [0.3, 0.4) is 0 Å². The van der Waals surface area contributed by atoms with Gasteiger partial charge in [-0.1, -0.05) is 24.6 Å². The lowest BCUT2D eigenvalue weighted by Gasteiger charge is -2.06. The average molecular weight is 327 g/mol. The summed E-state index contributed by atoms with van der Waals surface area (Å²) in [7, 11) is 0. The first-order chi connectivity index (χ1) is 11.7. The number of carbonyl (C=O) groups is 1. The minimum atomic E-state index is -0.413. The summed E-state index contributed by atoms with van der Waals surface area (Å²) in [6, 6.07) is 10.0. The summed E-state index contributed by atoms with van der Waals surface area (Å²) in [6.45, 7) is 2.19. The zero-order valence-corrected chi connectivity index (χ0v) is 14.2. The highest BCUT2D eigenvalue weighted by molar-refractivity contribution is 5.94. The normalized spacial score (nSPS) is 15.4. The molecule has 24 heavy (non-hydrogen) atoms. The van der Waals surface area contributed by atoms with Crippen LogP contribution in [0.4, 0.5) is 0 Å². The number of nitrogens with zero attached hydrogens (tertiary/aromatic N) is 2. The van der Waals surface area contributed by atoms with Gasteiger partial charge in [-0.05, 0) is 51.2 Å². The van der Waals surface area contributed by atoms with Crippen molar-refractivity contribution in [2.45, 2.75) is 51.6 Å². The van der Waals surface area contributed by atoms with Crippen LogP contribution in [-0.2, 0) is 12.8 Å². The molecule has 0 bridgehead atoms. The number of aromatic nitrogens is 2. The molecule has 2 N–H and O–H groups in total. The Labute approximate surface area is 142 Å². The summed E-state index contributed by atoms with van der Waals surface area (Å²) in [4.78, 5) is 12.6. The topological polar surface area (TPSA) is 67.2 Å². The third-order valence-electron chi connectivity index (χ3n) is 4.49. The highest BCUT2D eigenvalue weighted by atomic mass is 16.3. The summed E-state index contributed by atoms with van der Waals surface area (Å²) in [5.41, 5.74) is 3.80. The number of benzene rings is 1. The summed E-state index contributed by atoms with van der Waals surface area (Å²) < 4.78 is 1.93. The van der Waals surface area contributed by atoms with Gasteiger partial charge in [-0.2, -0.15) is 5.10 Å². The number of fused-ring (bicyclic) bond motifs is 1. The fourth-order valence-corrected chi connectivity index (χ4v) is 3.22. The second-order valence-corrected chi connectivity index (χ2v) is 6.48. The van der Waals surface area contributed by atoms with E-state index in [1.54, 1.807) is 6.92 Å². The smallest absolute Gasteiger partial charge is 0.272 e. The average Bonchev–Trinajstić information content (AvgIpc) is 2.77. The van der Waals surface area contributed by atoms with Gasteiger partial charge in [0.15, 0.2) is 5.69 Å². The number of carbonyl (C=O) groups excluding carboxylic acids is 1. The lowest BCUT2D eigenvalue weighted by Crippen LogP contribution is -2.27. The van der Waals surface area contributed by atoms with Crippen LogP contribution in [0.2, 0.25) is 0 Å². The van der Waals surface area contributed by atoms with Crippen molar-refractivity contribution >= 4 is 5.91 Å². The number of rotatable bonds is 5. The van der Waals surface area contributed by atoms with Crippen molar-refractivity contribution in [1.29, 1.82) is 0 Å². The lowest BCUT2D eigenvalue weighted by molar-refractivity contribution is 0.0939. The van der Waals surface area contributed by atoms with Crippen LogP contribution in [0, 0.1) is 0 Å². The minimum Gasteiger partial charge on any atom is -0.393 e. The molecule has 1 aliphatic rings. The van der Waals surface area contributed by atoms with Crippen LogP contribution < -0.4 is 5.32 Å². The molecule has 0 saturated heterocycles. The maximum Gasteiger partial charge on any atom is 0.272 e. The largest absolute Gasteiger partial charge is 0.393 e. The highest BCUT2D eigenvalue weighted by Crippen LogP contribution is 2.26. The van der Waals surface area contributed by atoms with Crippen molar-refractivity contribution in [1.82, 2.24) is 15.1 Å². The minimum absolute atomic E-state index is 0.136. The molecule has 5 heteroatoms. The van der Waals surface area contributed by atoms with Gasteiger partial charge in [0.1, 0.15) is 0 Å². The first-order valence-corrected chi connectivity index (χ1v) is 8.79. The molecule has 1 aromatic heterocycles. The van der Waals surface area contributed by atoms with Gasteiger partial charge in [-0.3, -0.25) is 4.79 Å². The van der Waals surface area contributed by atoms with Crippen molar-refractivity contribution < 1.29 is 9.90 Å². The Hall–Kier alpha value is -2.14. The molecule has 1 unspecified atom stereocenters. The van der Waals surface area contributed by atoms with E-state index in [0.717, 1.165) is 36.9 Å². The fraction of sp³-hybridized carbons (Fsp3) is 0.474. The van der Waals surface area contributed by atoms with Crippen LogP contribution in [0.1, 0.15) is 54.4 Å². The first-order valence-electron chi connectivity index (χ1n) is 8.79. The number of hydrogen-bond acceptors (Lipinski definition) is 3. The lowest BCUT2D eigenvalue weighted by atomic mass is 10.1. The standard InChI is InChI=1S/C19H25N3O2/c1-14(23)12-13-20-19(24)18-16-10-6-3-7-11-17(16)22(21-18)15-8-4-2-5-9-15/h2,4-5,8-9,14,23H,3,6-7,10-13H2,1H3,(H,20,24). The van der Waals surface area contributed by atoms with E-state index in [1.807, 2.05) is 35.0 Å². The van der Waals surface area contributed by atoms with Gasteiger partial charge in [0, 0.05) is 17.8 Å². The maximum atomic E-state index is 12.6. The van der Waals surface area contributed by atoms with E-state index in [1.165, 1.54) is 12.1 Å². The van der Waals surface area contributed by atoms with E-state index < -0.39 is 6.10 Å². The zero-order chi connectivity index (χ0) is 16.9. The first kappa shape index (κ1) is 16.7. The summed E-state index contributed by atoms with van der Waals surface area (Å²) in [5.74, 6) is -0.136. The van der Waals surface area contributed by atoms with Crippen LogP contribution in [0.25, 0.3) is 5.69 Å². The van der Waals surface area contributed by atoms with Crippen LogP contribution in [0.5, 0.6) is 0 Å². The quantitative estimate of drug-likeness (QED) is 0.830. The van der Waals surface area contributed by atoms with Crippen LogP contribution in [-0.4, -0.2) is 33.4 Å². The Morgan fingerprint density at radius 2 is 2.00 bits per heavy atom. The molecular weight excluding hydrogens is 302 g/mol. The third-order valence-corrected chi connectivity index (χ3v) is 4.49. The summed E-state index contributed by atoms with van der Waals surface area (Å²) in [6.07, 6.45) is 5.42. The molecule has 1 amide bonds. The molecule has 1 aromatic carbocycles. The molecule has 1 atom stereocenters. The molecule has 0 fully saturated rings. The van der Waals surface area contributed by atoms with Crippen molar-refractivity contribution in [3.8, 4) is 5.69 Å². The Balaban J connectivity index is 1.91. The van der Waals surface area contributed by atoms with Gasteiger partial charge in [-0.15, -0.1) is 0 Å². The molecule has 128 valence electrons. The van der Waals surface area contributed by atoms with E-state index >= 15 is 0 Å². The molecule has 0 spiro atoms. The fourth-order valence-electron chi connectivity index (χ4n) is 3.22. The van der Waals surface area contributed by atoms with E-state index in [-0.39, 0.29) is 5.91 Å². The molecular formula is C19H25N3O2. The van der Waals surface area contributed by atoms with Crippen molar-refractivity contribution in [3.05, 3.63) is 47.3 Å². The van der Waals surface area contributed by atoms with Gasteiger partial charge in [0.05, 0.1) is 11.8 Å². The summed E-state index contributed by atoms with van der Waals surface area (Å²) >= 11 is 0. The van der Waals surface area contributed by atoms with E-state index in [0.29, 0.717) is 18.7 Å². The monoisotopic (exact) mass is 327 g/mol. The highest BCUT2D eigenvalue weighted by Gasteiger charge is 2.24. The predicted octanol–water partition coefficient (Wildman–Crippen LogP) is 2.64. The Kier molecular flexibility index (Phi) is 5.30. The van der Waals surface area contributed by atoms with E-state index in [4.69, 9.17) is 0 Å². The second kappa shape index (κ2) is 7.62. The molecule has 0 aliphatic heterocycles. The summed E-state index contributed by atoms with van der Waals surface area (Å²) in [5, 5.41) is 16.9. The van der Waals surface area contributed by atoms with Crippen molar-refractivity contribution in [3.63, 3.8) is 0 Å². The van der Waals surface area contributed by atoms with Gasteiger partial charge >= 0.3 is 0 Å². The van der Waals surface area contributed by atoms with Gasteiger partial charge in [-0.25, -0.2) is 4.68 Å². The molecule has 2 aromatic rings. The number of nitrogens with one attached hydrogen (secondary N) is 1. The maximum absolute atomic E-state index is 12.6. The molecule has 0 saturated carbocycles. The Morgan fingerprint density at radius 3 is 2.75 bits per heavy atom. The number of amides is 1. The number of para-hydroxylation sites is 1. The SMILES string of the molecule is CC(O)CCNC(=O)c1nn(-c2ccccc2)c2c1CCCCC2. The van der Waals surface area contributed by atoms with Gasteiger partial charge in [0.2, 0.25) is 0 Å². The molecule has 5 nitrogen and oxygen atoms in total. The van der Waals surface area contributed by atoms with Crippen molar-refractivity contribution in [2.75, 3.05) is 6.54 Å². The Morgan fingerprint density at radius 1 is 1.25 bits per heavy atom. The van der Waals surface area contributed by atoms with Gasteiger partial charge < -0.3 is 10.4 Å². The molecule has 1 heterocycles. The van der Waals surface area contributed by atoms with Gasteiger partial charge in [0.25, 0.3) is 5.91 Å². The number of hydrogen-bond donors (Lipinski definition) is 2. The predicted molar refractivity (Wildman–Crippen MR) is 93.5 cm³/mol. The van der Waals surface area contributed by atoms with E-state index in [9.17, 15) is 9.90 Å². The second-order valence-electron chi connectivity index (χ2n) is 6.48. The number of aliphatic hydroxyl groups is 1. The molecule has 1 aliphatic carbocycles. The van der Waals surface area contributed by atoms with Crippen LogP contribution >= 0.6 is 0 Å². The Bertz CT molecular complexity index is 692. The zero-order valence-electron chi connectivity index (χ0n) is 14.2. The van der Waals surface area contributed by atoms with E-state index in [2.05, 4.69) is 10.4 Å². The number of aliphatic hydroxyl groups excluding tert-OH is 1. The van der Waals surface area contributed by atoms with Crippen LogP contribution in [0.15, 0.2) is 30.3 Å². The molecule has 3 rings (SSSR count). The third kappa shape index (κ3) is 3.67.